The SMILES string of the molecule is COCC(C)(CC(=O)O)NC(=O)Cc1cccs1. The predicted octanol–water partition coefficient (Wildman–Crippen LogP) is 1.29. The molecule has 0 aliphatic carbocycles. The van der Waals surface area contributed by atoms with Gasteiger partial charge in [0.25, 0.3) is 0 Å². The molecular weight excluding hydrogens is 254 g/mol. The molecule has 0 aromatic carbocycles. The zero-order valence-electron chi connectivity index (χ0n) is 10.4. The van der Waals surface area contributed by atoms with E-state index < -0.39 is 11.5 Å². The molecule has 0 aliphatic rings. The van der Waals surface area contributed by atoms with E-state index >= 15 is 0 Å². The number of hydrogen-bond acceptors (Lipinski definition) is 4. The van der Waals surface area contributed by atoms with Gasteiger partial charge in [0.1, 0.15) is 0 Å². The Hall–Kier alpha value is -1.40. The molecule has 1 amide bonds. The Morgan fingerprint density at radius 1 is 1.56 bits per heavy atom. The topological polar surface area (TPSA) is 75.6 Å². The first-order valence-electron chi connectivity index (χ1n) is 5.49. The summed E-state index contributed by atoms with van der Waals surface area (Å²) in [6.07, 6.45) is 0.0909. The van der Waals surface area contributed by atoms with Crippen LogP contribution in [0, 0.1) is 0 Å². The number of carboxylic acids is 1. The van der Waals surface area contributed by atoms with E-state index in [1.165, 1.54) is 18.4 Å². The van der Waals surface area contributed by atoms with Gasteiger partial charge < -0.3 is 15.2 Å². The highest BCUT2D eigenvalue weighted by molar-refractivity contribution is 7.10. The van der Waals surface area contributed by atoms with Crippen LogP contribution in [0.25, 0.3) is 0 Å². The molecule has 1 atom stereocenters. The first kappa shape index (κ1) is 14.7. The van der Waals surface area contributed by atoms with Crippen molar-refractivity contribution in [2.45, 2.75) is 25.3 Å². The monoisotopic (exact) mass is 271 g/mol. The van der Waals surface area contributed by atoms with Gasteiger partial charge in [-0.1, -0.05) is 6.07 Å². The van der Waals surface area contributed by atoms with Crippen molar-refractivity contribution in [3.05, 3.63) is 22.4 Å². The Labute approximate surface area is 110 Å². The van der Waals surface area contributed by atoms with Crippen LogP contribution >= 0.6 is 11.3 Å². The molecule has 0 aliphatic heterocycles. The van der Waals surface area contributed by atoms with Gasteiger partial charge in [-0.25, -0.2) is 0 Å². The van der Waals surface area contributed by atoms with Crippen molar-refractivity contribution in [3.63, 3.8) is 0 Å². The summed E-state index contributed by atoms with van der Waals surface area (Å²) in [4.78, 5) is 23.6. The van der Waals surface area contributed by atoms with Crippen LogP contribution in [0.4, 0.5) is 0 Å². The number of carbonyl (C=O) groups excluding carboxylic acids is 1. The summed E-state index contributed by atoms with van der Waals surface area (Å²) in [6, 6.07) is 3.74. The Morgan fingerprint density at radius 2 is 2.28 bits per heavy atom. The lowest BCUT2D eigenvalue weighted by molar-refractivity contribution is -0.139. The quantitative estimate of drug-likeness (QED) is 0.783. The summed E-state index contributed by atoms with van der Waals surface area (Å²) in [5, 5.41) is 13.5. The molecule has 18 heavy (non-hydrogen) atoms. The second-order valence-corrected chi connectivity index (χ2v) is 5.40. The number of thiophene rings is 1. The molecule has 1 aromatic heterocycles. The lowest BCUT2D eigenvalue weighted by Crippen LogP contribution is -2.51. The third kappa shape index (κ3) is 4.85. The standard InChI is InChI=1S/C12H17NO4S/c1-12(8-17-2,7-11(15)16)13-10(14)6-9-4-3-5-18-9/h3-5H,6-8H2,1-2H3,(H,13,14)(H,15,16). The Kier molecular flexibility index (Phi) is 5.30. The number of aliphatic carboxylic acids is 1. The van der Waals surface area contributed by atoms with E-state index in [1.54, 1.807) is 6.92 Å². The van der Waals surface area contributed by atoms with Crippen molar-refractivity contribution in [3.8, 4) is 0 Å². The second-order valence-electron chi connectivity index (χ2n) is 4.37. The van der Waals surface area contributed by atoms with E-state index in [-0.39, 0.29) is 25.4 Å². The maximum absolute atomic E-state index is 11.8. The minimum atomic E-state index is -0.967. The number of carbonyl (C=O) groups is 2. The van der Waals surface area contributed by atoms with Crippen LogP contribution < -0.4 is 5.32 Å². The molecule has 100 valence electrons. The fraction of sp³-hybridized carbons (Fsp3) is 0.500. The first-order chi connectivity index (χ1) is 8.45. The van der Waals surface area contributed by atoms with E-state index in [0.717, 1.165) is 4.88 Å². The number of rotatable bonds is 7. The summed E-state index contributed by atoms with van der Waals surface area (Å²) < 4.78 is 4.97. The summed E-state index contributed by atoms with van der Waals surface area (Å²) in [7, 11) is 1.48. The Bertz CT molecular complexity index is 404. The van der Waals surface area contributed by atoms with Crippen molar-refractivity contribution in [2.75, 3.05) is 13.7 Å². The van der Waals surface area contributed by atoms with Crippen LogP contribution in [0.5, 0.6) is 0 Å². The minimum Gasteiger partial charge on any atom is -0.481 e. The molecule has 0 saturated heterocycles. The van der Waals surface area contributed by atoms with Crippen molar-refractivity contribution < 1.29 is 19.4 Å². The van der Waals surface area contributed by atoms with E-state index in [4.69, 9.17) is 9.84 Å². The van der Waals surface area contributed by atoms with Gasteiger partial charge >= 0.3 is 5.97 Å². The van der Waals surface area contributed by atoms with Crippen molar-refractivity contribution in [2.24, 2.45) is 0 Å². The smallest absolute Gasteiger partial charge is 0.305 e. The molecule has 0 spiro atoms. The molecule has 5 nitrogen and oxygen atoms in total. The fourth-order valence-corrected chi connectivity index (χ4v) is 2.44. The molecule has 1 unspecified atom stereocenters. The number of ether oxygens (including phenoxy) is 1. The van der Waals surface area contributed by atoms with Gasteiger partial charge in [0.05, 0.1) is 25.0 Å². The maximum atomic E-state index is 11.8. The summed E-state index contributed by atoms with van der Waals surface area (Å²) in [5.41, 5.74) is -0.880. The number of amides is 1. The minimum absolute atomic E-state index is 0.162. The van der Waals surface area contributed by atoms with Crippen molar-refractivity contribution >= 4 is 23.2 Å². The third-order valence-corrected chi connectivity index (χ3v) is 3.24. The number of hydrogen-bond donors (Lipinski definition) is 2. The summed E-state index contributed by atoms with van der Waals surface area (Å²) in [6.45, 7) is 1.83. The lowest BCUT2D eigenvalue weighted by atomic mass is 9.98. The van der Waals surface area contributed by atoms with Crippen LogP contribution in [-0.2, 0) is 20.7 Å². The molecular formula is C12H17NO4S. The molecule has 0 radical (unpaired) electrons. The highest BCUT2D eigenvalue weighted by Gasteiger charge is 2.29. The number of methoxy groups -OCH3 is 1. The van der Waals surface area contributed by atoms with Crippen LogP contribution in [0.1, 0.15) is 18.2 Å². The average Bonchev–Trinajstić information content (AvgIpc) is 2.67. The van der Waals surface area contributed by atoms with E-state index in [9.17, 15) is 9.59 Å². The molecule has 2 N–H and O–H groups in total. The van der Waals surface area contributed by atoms with Gasteiger partial charge in [0.2, 0.25) is 5.91 Å². The van der Waals surface area contributed by atoms with E-state index in [1.807, 2.05) is 17.5 Å². The van der Waals surface area contributed by atoms with E-state index in [0.29, 0.717) is 0 Å². The molecule has 0 bridgehead atoms. The molecule has 6 heteroatoms. The summed E-state index contributed by atoms with van der Waals surface area (Å²) >= 11 is 1.50. The number of carboxylic acid groups (broad SMARTS) is 1. The van der Waals surface area contributed by atoms with Gasteiger partial charge in [0, 0.05) is 12.0 Å². The normalized spacial score (nSPS) is 13.9. The van der Waals surface area contributed by atoms with E-state index in [2.05, 4.69) is 5.32 Å². The predicted molar refractivity (Wildman–Crippen MR) is 68.7 cm³/mol. The lowest BCUT2D eigenvalue weighted by Gasteiger charge is -2.28. The molecule has 1 rings (SSSR count). The Balaban J connectivity index is 2.59. The molecule has 1 aromatic rings. The molecule has 0 saturated carbocycles. The maximum Gasteiger partial charge on any atom is 0.305 e. The van der Waals surface area contributed by atoms with Gasteiger partial charge in [0.15, 0.2) is 0 Å². The summed E-state index contributed by atoms with van der Waals surface area (Å²) in [5.74, 6) is -1.16. The van der Waals surface area contributed by atoms with Gasteiger partial charge in [-0.05, 0) is 18.4 Å². The van der Waals surface area contributed by atoms with Crippen LogP contribution in [0.15, 0.2) is 17.5 Å². The highest BCUT2D eigenvalue weighted by atomic mass is 32.1. The van der Waals surface area contributed by atoms with Gasteiger partial charge in [-0.2, -0.15) is 0 Å². The zero-order chi connectivity index (χ0) is 13.6. The highest BCUT2D eigenvalue weighted by Crippen LogP contribution is 2.13. The third-order valence-electron chi connectivity index (χ3n) is 2.36. The van der Waals surface area contributed by atoms with Crippen LogP contribution in [0.2, 0.25) is 0 Å². The van der Waals surface area contributed by atoms with Crippen molar-refractivity contribution in [1.29, 1.82) is 0 Å². The van der Waals surface area contributed by atoms with Crippen LogP contribution in [-0.4, -0.2) is 36.2 Å². The number of nitrogens with one attached hydrogen (secondary N) is 1. The largest absolute Gasteiger partial charge is 0.481 e. The van der Waals surface area contributed by atoms with Crippen molar-refractivity contribution in [1.82, 2.24) is 5.32 Å². The fourth-order valence-electron chi connectivity index (χ4n) is 1.74. The second kappa shape index (κ2) is 6.51. The first-order valence-corrected chi connectivity index (χ1v) is 6.37. The van der Waals surface area contributed by atoms with Crippen LogP contribution in [0.3, 0.4) is 0 Å². The van der Waals surface area contributed by atoms with Gasteiger partial charge in [-0.15, -0.1) is 11.3 Å². The zero-order valence-corrected chi connectivity index (χ0v) is 11.3. The molecule has 1 heterocycles. The van der Waals surface area contributed by atoms with Gasteiger partial charge in [-0.3, -0.25) is 9.59 Å². The molecule has 0 fully saturated rings. The average molecular weight is 271 g/mol. The Morgan fingerprint density at radius 3 is 2.78 bits per heavy atom.